The second-order valence-electron chi connectivity index (χ2n) is 11.9. The van der Waals surface area contributed by atoms with Crippen LogP contribution in [0, 0.1) is 6.92 Å². The van der Waals surface area contributed by atoms with Crippen LogP contribution in [0.4, 0.5) is 0 Å². The number of hydrogen-bond donors (Lipinski definition) is 0. The molecule has 1 aliphatic rings. The van der Waals surface area contributed by atoms with Gasteiger partial charge in [0, 0.05) is 44.3 Å². The van der Waals surface area contributed by atoms with Crippen LogP contribution in [-0.2, 0) is 16.1 Å². The molecule has 0 saturated heterocycles. The van der Waals surface area contributed by atoms with Crippen molar-refractivity contribution in [2.24, 2.45) is 4.99 Å². The summed E-state index contributed by atoms with van der Waals surface area (Å²) in [7, 11) is 3.10. The average molecular weight is 739 g/mol. The molecule has 0 bridgehead atoms. The Bertz CT molecular complexity index is 2540. The number of carbonyl (C=O) groups is 1. The van der Waals surface area contributed by atoms with Crippen LogP contribution in [0.25, 0.3) is 22.7 Å². The van der Waals surface area contributed by atoms with Gasteiger partial charge < -0.3 is 18.8 Å². The number of fused-ring (bicyclic) bond motifs is 2. The summed E-state index contributed by atoms with van der Waals surface area (Å²) < 4.78 is 21.0. The minimum absolute atomic E-state index is 0.151. The summed E-state index contributed by atoms with van der Waals surface area (Å²) in [4.78, 5) is 34.0. The van der Waals surface area contributed by atoms with Crippen LogP contribution in [0.15, 0.2) is 106 Å². The molecular formula is C40H33Cl2N3O5S. The van der Waals surface area contributed by atoms with Gasteiger partial charge in [-0.15, -0.1) is 0 Å². The fraction of sp³-hybridized carbons (Fsp3) is 0.175. The van der Waals surface area contributed by atoms with E-state index in [1.807, 2.05) is 79.7 Å². The zero-order valence-electron chi connectivity index (χ0n) is 28.3. The summed E-state index contributed by atoms with van der Waals surface area (Å²) in [6.45, 7) is 4.45. The monoisotopic (exact) mass is 737 g/mol. The largest absolute Gasteiger partial charge is 0.493 e. The van der Waals surface area contributed by atoms with Crippen LogP contribution < -0.4 is 24.4 Å². The highest BCUT2D eigenvalue weighted by Crippen LogP contribution is 2.38. The van der Waals surface area contributed by atoms with Crippen LogP contribution in [0.3, 0.4) is 0 Å². The predicted molar refractivity (Wildman–Crippen MR) is 203 cm³/mol. The van der Waals surface area contributed by atoms with E-state index in [9.17, 15) is 9.59 Å². The van der Waals surface area contributed by atoms with Gasteiger partial charge in [0.2, 0.25) is 0 Å². The Morgan fingerprint density at radius 1 is 0.941 bits per heavy atom. The van der Waals surface area contributed by atoms with E-state index >= 15 is 0 Å². The number of halogens is 2. The first-order valence-electron chi connectivity index (χ1n) is 16.3. The summed E-state index contributed by atoms with van der Waals surface area (Å²) in [6, 6.07) is 27.5. The van der Waals surface area contributed by atoms with Crippen molar-refractivity contribution < 1.29 is 19.0 Å². The van der Waals surface area contributed by atoms with Crippen LogP contribution >= 0.6 is 34.5 Å². The molecule has 0 saturated carbocycles. The van der Waals surface area contributed by atoms with E-state index in [0.717, 1.165) is 33.3 Å². The molecule has 3 heterocycles. The van der Waals surface area contributed by atoms with Gasteiger partial charge in [0.1, 0.15) is 0 Å². The minimum atomic E-state index is -0.869. The molecule has 51 heavy (non-hydrogen) atoms. The smallest absolute Gasteiger partial charge is 0.338 e. The first kappa shape index (κ1) is 34.4. The number of carbonyl (C=O) groups excluding carboxylic acids is 1. The number of aromatic nitrogens is 2. The highest BCUT2D eigenvalue weighted by atomic mass is 35.5. The standard InChI is InChI=1S/C40H33Cl2N3O5S/c1-5-50-39(47)35-36(24-11-7-6-8-12-24)43-40-45(37(35)25-16-18-32(48-3)33(19-25)49-4)38(46)34(51-40)21-29-23(2)44(31-14-10-9-13-28(29)31)22-26-15-17-27(41)20-30(26)42/h6-21,37H,5,22H2,1-4H3/b34-21-/t37-/m1/s1. The molecule has 0 radical (unpaired) electrons. The number of benzene rings is 4. The van der Waals surface area contributed by atoms with E-state index in [-0.39, 0.29) is 17.7 Å². The Morgan fingerprint density at radius 3 is 2.41 bits per heavy atom. The fourth-order valence-corrected chi connectivity index (χ4v) is 8.02. The van der Waals surface area contributed by atoms with E-state index in [0.29, 0.717) is 48.7 Å². The first-order chi connectivity index (χ1) is 24.7. The van der Waals surface area contributed by atoms with Gasteiger partial charge in [0.05, 0.1) is 42.7 Å². The third-order valence-electron chi connectivity index (χ3n) is 9.00. The van der Waals surface area contributed by atoms with Crippen LogP contribution in [-0.4, -0.2) is 35.9 Å². The summed E-state index contributed by atoms with van der Waals surface area (Å²) in [5.41, 5.74) is 5.55. The third kappa shape index (κ3) is 6.26. The van der Waals surface area contributed by atoms with Crippen molar-refractivity contribution in [1.29, 1.82) is 0 Å². The molecule has 0 fully saturated rings. The van der Waals surface area contributed by atoms with E-state index in [1.54, 1.807) is 43.9 Å². The maximum absolute atomic E-state index is 14.7. The lowest BCUT2D eigenvalue weighted by atomic mass is 9.93. The lowest BCUT2D eigenvalue weighted by Gasteiger charge is -2.26. The number of ether oxygens (including phenoxy) is 3. The summed E-state index contributed by atoms with van der Waals surface area (Å²) in [5, 5.41) is 2.14. The second kappa shape index (κ2) is 14.3. The molecule has 1 atom stereocenters. The maximum Gasteiger partial charge on any atom is 0.338 e. The van der Waals surface area contributed by atoms with Crippen molar-refractivity contribution >= 4 is 63.2 Å². The molecule has 258 valence electrons. The second-order valence-corrected chi connectivity index (χ2v) is 13.7. The molecule has 8 nitrogen and oxygen atoms in total. The SMILES string of the molecule is CCOC(=O)C1=C(c2ccccc2)N=c2s/c(=C\c3c(C)n(Cc4ccc(Cl)cc4Cl)c4ccccc34)c(=O)n2[C@@H]1c1ccc(OC)c(OC)c1. The maximum atomic E-state index is 14.7. The lowest BCUT2D eigenvalue weighted by molar-refractivity contribution is -0.138. The molecular weight excluding hydrogens is 705 g/mol. The Kier molecular flexibility index (Phi) is 9.61. The van der Waals surface area contributed by atoms with Gasteiger partial charge in [0.25, 0.3) is 5.56 Å². The number of esters is 1. The molecule has 4 aromatic carbocycles. The van der Waals surface area contributed by atoms with E-state index in [2.05, 4.69) is 10.6 Å². The van der Waals surface area contributed by atoms with Crippen molar-refractivity contribution in [3.63, 3.8) is 0 Å². The summed E-state index contributed by atoms with van der Waals surface area (Å²) >= 11 is 14.1. The lowest BCUT2D eigenvalue weighted by Crippen LogP contribution is -2.40. The molecule has 6 aromatic rings. The van der Waals surface area contributed by atoms with Gasteiger partial charge >= 0.3 is 5.97 Å². The van der Waals surface area contributed by atoms with Crippen LogP contribution in [0.2, 0.25) is 10.0 Å². The average Bonchev–Trinajstić information content (AvgIpc) is 3.60. The molecule has 0 N–H and O–H groups in total. The fourth-order valence-electron chi connectivity index (χ4n) is 6.57. The summed E-state index contributed by atoms with van der Waals surface area (Å²) in [6.07, 6.45) is 1.92. The first-order valence-corrected chi connectivity index (χ1v) is 17.8. The Labute approximate surface area is 308 Å². The highest BCUT2D eigenvalue weighted by Gasteiger charge is 2.35. The molecule has 0 aliphatic carbocycles. The number of hydrogen-bond acceptors (Lipinski definition) is 7. The Morgan fingerprint density at radius 2 is 1.69 bits per heavy atom. The van der Waals surface area contributed by atoms with Gasteiger partial charge in [-0.1, -0.05) is 95.2 Å². The van der Waals surface area contributed by atoms with Crippen LogP contribution in [0.5, 0.6) is 11.5 Å². The van der Waals surface area contributed by atoms with Crippen molar-refractivity contribution in [2.75, 3.05) is 20.8 Å². The van der Waals surface area contributed by atoms with E-state index in [1.165, 1.54) is 11.3 Å². The molecule has 0 spiro atoms. The molecule has 0 unspecified atom stereocenters. The highest BCUT2D eigenvalue weighted by molar-refractivity contribution is 7.07. The Balaban J connectivity index is 1.48. The molecule has 7 rings (SSSR count). The van der Waals surface area contributed by atoms with Gasteiger partial charge in [0.15, 0.2) is 16.3 Å². The van der Waals surface area contributed by atoms with Crippen molar-refractivity contribution in [3.8, 4) is 11.5 Å². The van der Waals surface area contributed by atoms with Gasteiger partial charge in [-0.05, 0) is 61.4 Å². The molecule has 0 amide bonds. The van der Waals surface area contributed by atoms with Gasteiger partial charge in [-0.25, -0.2) is 9.79 Å². The van der Waals surface area contributed by atoms with Crippen molar-refractivity contribution in [2.45, 2.75) is 26.4 Å². The van der Waals surface area contributed by atoms with E-state index in [4.69, 9.17) is 42.4 Å². The minimum Gasteiger partial charge on any atom is -0.493 e. The normalized spacial score (nSPS) is 14.4. The number of nitrogens with zero attached hydrogens (tertiary/aromatic N) is 3. The predicted octanol–water partition coefficient (Wildman–Crippen LogP) is 7.57. The van der Waals surface area contributed by atoms with Gasteiger partial charge in [-0.3, -0.25) is 9.36 Å². The number of methoxy groups -OCH3 is 2. The number of thiazole rings is 1. The molecule has 1 aliphatic heterocycles. The van der Waals surface area contributed by atoms with Crippen LogP contribution in [0.1, 0.15) is 40.9 Å². The van der Waals surface area contributed by atoms with Crippen molar-refractivity contribution in [1.82, 2.24) is 9.13 Å². The van der Waals surface area contributed by atoms with Gasteiger partial charge in [-0.2, -0.15) is 0 Å². The molecule has 11 heteroatoms. The van der Waals surface area contributed by atoms with Crippen molar-refractivity contribution in [3.05, 3.63) is 154 Å². The number of rotatable bonds is 9. The zero-order chi connectivity index (χ0) is 35.8. The quantitative estimate of drug-likeness (QED) is 0.143. The topological polar surface area (TPSA) is 84.1 Å². The third-order valence-corrected chi connectivity index (χ3v) is 10.6. The van der Waals surface area contributed by atoms with E-state index < -0.39 is 12.0 Å². The Hall–Kier alpha value is -5.09. The zero-order valence-corrected chi connectivity index (χ0v) is 30.6. The molecule has 2 aromatic heterocycles. The number of para-hydroxylation sites is 1. The summed E-state index contributed by atoms with van der Waals surface area (Å²) in [5.74, 6) is 0.419.